The molecule has 8 heteroatoms. The van der Waals surface area contributed by atoms with Gasteiger partial charge in [0.25, 0.3) is 0 Å². The highest BCUT2D eigenvalue weighted by Crippen LogP contribution is 2.13. The van der Waals surface area contributed by atoms with Crippen LogP contribution in [0.25, 0.3) is 12.2 Å². The summed E-state index contributed by atoms with van der Waals surface area (Å²) in [4.78, 5) is 4.44. The standard InChI is InChI=1S/C20H29N3O4S/c1-3-4-5-6-13-23-17-21-18(2)20(23)9-8-19-10-14-22(15-11-19)12-7-16-27-28(24,25)26/h8-11,14-15,17H,3-7,12-13,16H2,1-2H3/p+1. The van der Waals surface area contributed by atoms with Crippen molar-refractivity contribution in [3.63, 3.8) is 0 Å². The summed E-state index contributed by atoms with van der Waals surface area (Å²) in [5.41, 5.74) is 3.23. The van der Waals surface area contributed by atoms with Gasteiger partial charge in [-0.2, -0.15) is 8.42 Å². The maximum Gasteiger partial charge on any atom is 0.397 e. The third kappa shape index (κ3) is 7.92. The monoisotopic (exact) mass is 408 g/mol. The number of hydrogen-bond donors (Lipinski definition) is 1. The minimum absolute atomic E-state index is 0.0466. The minimum Gasteiger partial charge on any atom is -0.331 e. The van der Waals surface area contributed by atoms with Crippen molar-refractivity contribution in [2.45, 2.75) is 59.0 Å². The molecule has 0 aliphatic heterocycles. The van der Waals surface area contributed by atoms with Crippen molar-refractivity contribution in [3.05, 3.63) is 47.8 Å². The number of aromatic nitrogens is 3. The second-order valence-corrected chi connectivity index (χ2v) is 7.87. The maximum absolute atomic E-state index is 10.5. The van der Waals surface area contributed by atoms with Gasteiger partial charge < -0.3 is 4.57 Å². The van der Waals surface area contributed by atoms with Crippen LogP contribution >= 0.6 is 0 Å². The summed E-state index contributed by atoms with van der Waals surface area (Å²) in [6.07, 6.45) is 15.3. The molecule has 0 saturated carbocycles. The molecule has 0 atom stereocenters. The van der Waals surface area contributed by atoms with Gasteiger partial charge in [-0.05, 0) is 25.0 Å². The quantitative estimate of drug-likeness (QED) is 0.330. The zero-order chi connectivity index (χ0) is 20.4. The van der Waals surface area contributed by atoms with Crippen molar-refractivity contribution in [3.8, 4) is 0 Å². The van der Waals surface area contributed by atoms with Crippen LogP contribution in [-0.4, -0.2) is 29.1 Å². The fourth-order valence-electron chi connectivity index (χ4n) is 2.91. The molecule has 2 aromatic heterocycles. The molecule has 0 aliphatic carbocycles. The van der Waals surface area contributed by atoms with Crippen LogP contribution in [0.15, 0.2) is 30.9 Å². The zero-order valence-corrected chi connectivity index (χ0v) is 17.4. The number of pyridine rings is 1. The van der Waals surface area contributed by atoms with Crippen LogP contribution in [0, 0.1) is 6.92 Å². The van der Waals surface area contributed by atoms with Crippen molar-refractivity contribution in [1.29, 1.82) is 0 Å². The highest BCUT2D eigenvalue weighted by atomic mass is 32.3. The van der Waals surface area contributed by atoms with Crippen LogP contribution in [0.3, 0.4) is 0 Å². The average molecular weight is 409 g/mol. The SMILES string of the molecule is CCCCCCn1cnc(C)c1/C=C/c1cc[n+](CCCOS(=O)(=O)O)cc1. The first-order valence-corrected chi connectivity index (χ1v) is 11.1. The molecule has 0 bridgehead atoms. The van der Waals surface area contributed by atoms with Gasteiger partial charge in [-0.3, -0.25) is 4.55 Å². The number of unbranched alkanes of at least 4 members (excludes halogenated alkanes) is 3. The van der Waals surface area contributed by atoms with E-state index in [4.69, 9.17) is 4.55 Å². The van der Waals surface area contributed by atoms with E-state index < -0.39 is 10.4 Å². The molecular formula is C20H30N3O4S+. The second kappa shape index (κ2) is 11.1. The van der Waals surface area contributed by atoms with Crippen molar-refractivity contribution in [2.24, 2.45) is 0 Å². The van der Waals surface area contributed by atoms with E-state index >= 15 is 0 Å². The Balaban J connectivity index is 1.89. The molecule has 2 aromatic rings. The number of rotatable bonds is 12. The molecule has 1 N–H and O–H groups in total. The van der Waals surface area contributed by atoms with Crippen LogP contribution in [0.1, 0.15) is 56.0 Å². The van der Waals surface area contributed by atoms with Crippen molar-refractivity contribution in [1.82, 2.24) is 9.55 Å². The lowest BCUT2D eigenvalue weighted by Gasteiger charge is -2.05. The van der Waals surface area contributed by atoms with Crippen LogP contribution < -0.4 is 4.57 Å². The first-order chi connectivity index (χ1) is 13.4. The fourth-order valence-corrected chi connectivity index (χ4v) is 3.24. The molecule has 2 heterocycles. The minimum atomic E-state index is -4.36. The molecule has 0 amide bonds. The van der Waals surface area contributed by atoms with Crippen molar-refractivity contribution in [2.75, 3.05) is 6.61 Å². The summed E-state index contributed by atoms with van der Waals surface area (Å²) in [5.74, 6) is 0. The van der Waals surface area contributed by atoms with Gasteiger partial charge in [0.15, 0.2) is 18.9 Å². The molecule has 0 spiro atoms. The molecule has 0 saturated heterocycles. The number of nitrogens with zero attached hydrogens (tertiary/aromatic N) is 3. The van der Waals surface area contributed by atoms with Crippen LogP contribution in [0.4, 0.5) is 0 Å². The Morgan fingerprint density at radius 2 is 1.93 bits per heavy atom. The second-order valence-electron chi connectivity index (χ2n) is 6.78. The number of hydrogen-bond acceptors (Lipinski definition) is 4. The molecule has 0 aromatic carbocycles. The van der Waals surface area contributed by atoms with E-state index in [-0.39, 0.29) is 6.61 Å². The Bertz CT molecular complexity index is 858. The summed E-state index contributed by atoms with van der Waals surface area (Å²) >= 11 is 0. The Morgan fingerprint density at radius 1 is 1.18 bits per heavy atom. The fraction of sp³-hybridized carbons (Fsp3) is 0.500. The van der Waals surface area contributed by atoms with E-state index in [2.05, 4.69) is 32.8 Å². The molecule has 7 nitrogen and oxygen atoms in total. The lowest BCUT2D eigenvalue weighted by Crippen LogP contribution is -2.33. The van der Waals surface area contributed by atoms with Gasteiger partial charge in [-0.15, -0.1) is 0 Å². The normalized spacial score (nSPS) is 12.1. The molecule has 28 heavy (non-hydrogen) atoms. The Hall–Kier alpha value is -2.03. The average Bonchev–Trinajstić information content (AvgIpc) is 3.00. The Labute approximate surface area is 167 Å². The zero-order valence-electron chi connectivity index (χ0n) is 16.6. The van der Waals surface area contributed by atoms with Gasteiger partial charge in [-0.1, -0.05) is 32.3 Å². The third-order valence-electron chi connectivity index (χ3n) is 4.47. The largest absolute Gasteiger partial charge is 0.397 e. The predicted octanol–water partition coefficient (Wildman–Crippen LogP) is 3.44. The highest BCUT2D eigenvalue weighted by Gasteiger charge is 2.06. The first-order valence-electron chi connectivity index (χ1n) is 9.70. The van der Waals surface area contributed by atoms with Gasteiger partial charge in [-0.25, -0.2) is 13.7 Å². The van der Waals surface area contributed by atoms with Gasteiger partial charge in [0.1, 0.15) is 0 Å². The molecule has 0 aliphatic rings. The highest BCUT2D eigenvalue weighted by molar-refractivity contribution is 7.80. The molecule has 0 radical (unpaired) electrons. The van der Waals surface area contributed by atoms with Gasteiger partial charge in [0, 0.05) is 25.1 Å². The Morgan fingerprint density at radius 3 is 2.61 bits per heavy atom. The number of imidazole rings is 1. The van der Waals surface area contributed by atoms with Crippen molar-refractivity contribution < 1.29 is 21.7 Å². The maximum atomic E-state index is 10.5. The summed E-state index contributed by atoms with van der Waals surface area (Å²) in [6.45, 7) is 5.78. The molecular weight excluding hydrogens is 378 g/mol. The number of aryl methyl sites for hydroxylation is 3. The van der Waals surface area contributed by atoms with E-state index in [9.17, 15) is 8.42 Å². The van der Waals surface area contributed by atoms with E-state index in [0.29, 0.717) is 13.0 Å². The summed E-state index contributed by atoms with van der Waals surface area (Å²) in [5, 5.41) is 0. The molecule has 154 valence electrons. The van der Waals surface area contributed by atoms with Gasteiger partial charge in [0.2, 0.25) is 0 Å². The first kappa shape index (κ1) is 22.3. The molecule has 0 unspecified atom stereocenters. The van der Waals surface area contributed by atoms with Gasteiger partial charge >= 0.3 is 10.4 Å². The topological polar surface area (TPSA) is 85.3 Å². The van der Waals surface area contributed by atoms with Crippen LogP contribution in [0.2, 0.25) is 0 Å². The summed E-state index contributed by atoms with van der Waals surface area (Å²) < 4.78 is 38.0. The van der Waals surface area contributed by atoms with Crippen LogP contribution in [-0.2, 0) is 27.7 Å². The van der Waals surface area contributed by atoms with E-state index in [1.807, 2.05) is 42.3 Å². The lowest BCUT2D eigenvalue weighted by molar-refractivity contribution is -0.697. The molecule has 0 fully saturated rings. The smallest absolute Gasteiger partial charge is 0.331 e. The van der Waals surface area contributed by atoms with E-state index in [0.717, 1.165) is 29.9 Å². The van der Waals surface area contributed by atoms with Gasteiger partial charge in [0.05, 0.1) is 24.3 Å². The third-order valence-corrected chi connectivity index (χ3v) is 4.93. The lowest BCUT2D eigenvalue weighted by atomic mass is 10.2. The van der Waals surface area contributed by atoms with Crippen molar-refractivity contribution >= 4 is 22.6 Å². The molecule has 2 rings (SSSR count). The van der Waals surface area contributed by atoms with E-state index in [1.54, 1.807) is 0 Å². The van der Waals surface area contributed by atoms with E-state index in [1.165, 1.54) is 19.3 Å². The summed E-state index contributed by atoms with van der Waals surface area (Å²) in [6, 6.07) is 3.99. The van der Waals surface area contributed by atoms with Crippen LogP contribution in [0.5, 0.6) is 0 Å². The Kier molecular flexibility index (Phi) is 8.82. The summed E-state index contributed by atoms with van der Waals surface area (Å²) in [7, 11) is -4.36. The predicted molar refractivity (Wildman–Crippen MR) is 109 cm³/mol.